The third-order valence-electron chi connectivity index (χ3n) is 4.55. The summed E-state index contributed by atoms with van der Waals surface area (Å²) < 4.78 is 5.86. The number of nitrogens with one attached hydrogen (secondary N) is 2. The van der Waals surface area contributed by atoms with Crippen LogP contribution in [0.5, 0.6) is 0 Å². The first-order valence-electron chi connectivity index (χ1n) is 8.63. The molecule has 0 bridgehead atoms. The molecular formula is C16H32N4O2. The summed E-state index contributed by atoms with van der Waals surface area (Å²) in [6.45, 7) is 9.85. The van der Waals surface area contributed by atoms with Crippen LogP contribution in [0.15, 0.2) is 0 Å². The van der Waals surface area contributed by atoms with Crippen molar-refractivity contribution in [1.29, 1.82) is 0 Å². The maximum absolute atomic E-state index is 11.6. The highest BCUT2D eigenvalue weighted by molar-refractivity contribution is 5.73. The fourth-order valence-electron chi connectivity index (χ4n) is 3.27. The molecule has 2 heterocycles. The van der Waals surface area contributed by atoms with Crippen molar-refractivity contribution in [2.24, 2.45) is 0 Å². The smallest absolute Gasteiger partial charge is 0.314 e. The largest absolute Gasteiger partial charge is 0.375 e. The molecular weight excluding hydrogens is 280 g/mol. The molecule has 0 spiro atoms. The molecule has 128 valence electrons. The predicted molar refractivity (Wildman–Crippen MR) is 88.1 cm³/mol. The van der Waals surface area contributed by atoms with Gasteiger partial charge in [0.15, 0.2) is 0 Å². The fraction of sp³-hybridized carbons (Fsp3) is 0.938. The number of carbonyl (C=O) groups excluding carboxylic acids is 1. The van der Waals surface area contributed by atoms with Crippen LogP contribution < -0.4 is 10.6 Å². The second kappa shape index (κ2) is 8.70. The molecule has 0 unspecified atom stereocenters. The summed E-state index contributed by atoms with van der Waals surface area (Å²) in [5.41, 5.74) is 0. The van der Waals surface area contributed by atoms with Gasteiger partial charge in [-0.1, -0.05) is 0 Å². The third-order valence-corrected chi connectivity index (χ3v) is 4.55. The van der Waals surface area contributed by atoms with E-state index in [1.165, 1.54) is 25.9 Å². The van der Waals surface area contributed by atoms with Gasteiger partial charge in [0, 0.05) is 31.7 Å². The van der Waals surface area contributed by atoms with Crippen molar-refractivity contribution >= 4 is 6.03 Å². The topological polar surface area (TPSA) is 56.8 Å². The zero-order valence-electron chi connectivity index (χ0n) is 14.3. The lowest BCUT2D eigenvalue weighted by Crippen LogP contribution is -2.51. The lowest BCUT2D eigenvalue weighted by atomic mass is 10.0. The van der Waals surface area contributed by atoms with Crippen molar-refractivity contribution in [3.05, 3.63) is 0 Å². The molecule has 2 fully saturated rings. The molecule has 1 atom stereocenters. The molecule has 0 aromatic heterocycles. The summed E-state index contributed by atoms with van der Waals surface area (Å²) in [6.07, 6.45) is 3.65. The van der Waals surface area contributed by atoms with E-state index in [4.69, 9.17) is 4.74 Å². The van der Waals surface area contributed by atoms with Gasteiger partial charge in [-0.05, 0) is 53.2 Å². The predicted octanol–water partition coefficient (Wildman–Crippen LogP) is 0.879. The molecule has 0 aliphatic carbocycles. The molecule has 0 radical (unpaired) electrons. The summed E-state index contributed by atoms with van der Waals surface area (Å²) in [5.74, 6) is 0. The third kappa shape index (κ3) is 5.74. The molecule has 2 N–H and O–H groups in total. The number of piperidine rings is 1. The van der Waals surface area contributed by atoms with Crippen molar-refractivity contribution in [2.75, 3.05) is 46.4 Å². The molecule has 2 aliphatic rings. The Morgan fingerprint density at radius 2 is 2.00 bits per heavy atom. The molecule has 2 amide bonds. The first-order valence-corrected chi connectivity index (χ1v) is 8.63. The van der Waals surface area contributed by atoms with Gasteiger partial charge in [0.25, 0.3) is 0 Å². The lowest BCUT2D eigenvalue weighted by Gasteiger charge is -2.41. The Bertz CT molecular complexity index is 343. The Hall–Kier alpha value is -0.850. The number of amides is 2. The molecule has 0 aromatic rings. The number of rotatable bonds is 5. The van der Waals surface area contributed by atoms with Gasteiger partial charge in [-0.15, -0.1) is 0 Å². The molecule has 2 rings (SSSR count). The van der Waals surface area contributed by atoms with Crippen LogP contribution >= 0.6 is 0 Å². The van der Waals surface area contributed by atoms with Crippen LogP contribution in [0.1, 0.15) is 33.1 Å². The first kappa shape index (κ1) is 17.5. The molecule has 6 heteroatoms. The maximum Gasteiger partial charge on any atom is 0.314 e. The summed E-state index contributed by atoms with van der Waals surface area (Å²) in [6, 6.07) is 0.795. The highest BCUT2D eigenvalue weighted by Crippen LogP contribution is 2.19. The highest BCUT2D eigenvalue weighted by atomic mass is 16.5. The Kier molecular flexibility index (Phi) is 6.92. The van der Waals surface area contributed by atoms with Gasteiger partial charge in [-0.3, -0.25) is 4.90 Å². The van der Waals surface area contributed by atoms with Gasteiger partial charge in [-0.25, -0.2) is 4.79 Å². The Morgan fingerprint density at radius 3 is 2.68 bits per heavy atom. The van der Waals surface area contributed by atoms with E-state index in [9.17, 15) is 4.79 Å². The normalized spacial score (nSPS) is 25.4. The van der Waals surface area contributed by atoms with E-state index >= 15 is 0 Å². The van der Waals surface area contributed by atoms with Gasteiger partial charge in [0.1, 0.15) is 0 Å². The number of urea groups is 1. The van der Waals surface area contributed by atoms with Crippen LogP contribution in [0.3, 0.4) is 0 Å². The minimum Gasteiger partial charge on any atom is -0.375 e. The van der Waals surface area contributed by atoms with E-state index in [2.05, 4.69) is 27.5 Å². The lowest BCUT2D eigenvalue weighted by molar-refractivity contribution is -0.0532. The van der Waals surface area contributed by atoms with Gasteiger partial charge in [-0.2, -0.15) is 0 Å². The number of carbonyl (C=O) groups is 1. The maximum atomic E-state index is 11.6. The summed E-state index contributed by atoms with van der Waals surface area (Å²) in [5, 5.41) is 5.75. The van der Waals surface area contributed by atoms with Crippen molar-refractivity contribution in [1.82, 2.24) is 20.4 Å². The van der Waals surface area contributed by atoms with Crippen LogP contribution in [0, 0.1) is 0 Å². The molecule has 0 aromatic carbocycles. The molecule has 0 saturated carbocycles. The quantitative estimate of drug-likeness (QED) is 0.791. The number of hydrogen-bond acceptors (Lipinski definition) is 4. The molecule has 2 saturated heterocycles. The monoisotopic (exact) mass is 312 g/mol. The van der Waals surface area contributed by atoms with Crippen molar-refractivity contribution in [3.8, 4) is 0 Å². The van der Waals surface area contributed by atoms with Crippen LogP contribution in [0.2, 0.25) is 0 Å². The van der Waals surface area contributed by atoms with E-state index in [-0.39, 0.29) is 18.2 Å². The minimum atomic E-state index is -0.0852. The van der Waals surface area contributed by atoms with Crippen molar-refractivity contribution < 1.29 is 9.53 Å². The minimum absolute atomic E-state index is 0.0852. The number of hydrogen-bond donors (Lipinski definition) is 2. The Balaban J connectivity index is 1.66. The van der Waals surface area contributed by atoms with Gasteiger partial charge >= 0.3 is 6.03 Å². The van der Waals surface area contributed by atoms with Gasteiger partial charge < -0.3 is 20.3 Å². The van der Waals surface area contributed by atoms with Crippen molar-refractivity contribution in [2.45, 2.75) is 51.3 Å². The SMILES string of the molecule is CC(C)NC(=O)NCC[C@H]1CN(C2CCN(C)CC2)CCO1. The van der Waals surface area contributed by atoms with E-state index in [1.807, 2.05) is 13.8 Å². The van der Waals surface area contributed by atoms with Gasteiger partial charge in [0.2, 0.25) is 0 Å². The zero-order chi connectivity index (χ0) is 15.9. The van der Waals surface area contributed by atoms with Crippen LogP contribution in [0.25, 0.3) is 0 Å². The van der Waals surface area contributed by atoms with Crippen molar-refractivity contribution in [3.63, 3.8) is 0 Å². The van der Waals surface area contributed by atoms with Crippen LogP contribution in [-0.4, -0.2) is 80.4 Å². The Morgan fingerprint density at radius 1 is 1.27 bits per heavy atom. The summed E-state index contributed by atoms with van der Waals surface area (Å²) in [4.78, 5) is 16.6. The second-order valence-electron chi connectivity index (χ2n) is 6.87. The summed E-state index contributed by atoms with van der Waals surface area (Å²) >= 11 is 0. The summed E-state index contributed by atoms with van der Waals surface area (Å²) in [7, 11) is 2.20. The standard InChI is InChI=1S/C16H32N4O2/c1-13(2)18-16(21)17-7-4-15-12-20(10-11-22-15)14-5-8-19(3)9-6-14/h13-15H,4-12H2,1-3H3,(H2,17,18,21)/t15-/m0/s1. The molecule has 6 nitrogen and oxygen atoms in total. The number of morpholine rings is 1. The van der Waals surface area contributed by atoms with Gasteiger partial charge in [0.05, 0.1) is 12.7 Å². The number of likely N-dealkylation sites (tertiary alicyclic amines) is 1. The van der Waals surface area contributed by atoms with E-state index in [1.54, 1.807) is 0 Å². The van der Waals surface area contributed by atoms with Crippen LogP contribution in [-0.2, 0) is 4.74 Å². The first-order chi connectivity index (χ1) is 10.5. The Labute approximate surface area is 134 Å². The number of nitrogens with zero attached hydrogens (tertiary/aromatic N) is 2. The zero-order valence-corrected chi connectivity index (χ0v) is 14.3. The molecule has 22 heavy (non-hydrogen) atoms. The molecule has 2 aliphatic heterocycles. The second-order valence-corrected chi connectivity index (χ2v) is 6.87. The average molecular weight is 312 g/mol. The van der Waals surface area contributed by atoms with E-state index in [0.717, 1.165) is 26.1 Å². The van der Waals surface area contributed by atoms with E-state index < -0.39 is 0 Å². The average Bonchev–Trinajstić information content (AvgIpc) is 2.47. The number of ether oxygens (including phenoxy) is 1. The fourth-order valence-corrected chi connectivity index (χ4v) is 3.27. The van der Waals surface area contributed by atoms with Crippen LogP contribution in [0.4, 0.5) is 4.79 Å². The highest BCUT2D eigenvalue weighted by Gasteiger charge is 2.28. The van der Waals surface area contributed by atoms with E-state index in [0.29, 0.717) is 12.6 Å².